The van der Waals surface area contributed by atoms with Gasteiger partial charge in [0.1, 0.15) is 5.69 Å². The van der Waals surface area contributed by atoms with Crippen LogP contribution >= 0.6 is 0 Å². The number of nitrogens with two attached hydrogens (primary N) is 1. The molecule has 13 heavy (non-hydrogen) atoms. The Hall–Kier alpha value is -1.02. The summed E-state index contributed by atoms with van der Waals surface area (Å²) in [5, 5.41) is 11.1. The second-order valence-electron chi connectivity index (χ2n) is 4.23. The second-order valence-corrected chi connectivity index (χ2v) is 4.23. The van der Waals surface area contributed by atoms with Gasteiger partial charge < -0.3 is 10.4 Å². The molecule has 0 saturated carbocycles. The van der Waals surface area contributed by atoms with Crippen molar-refractivity contribution in [1.29, 1.82) is 0 Å². The summed E-state index contributed by atoms with van der Waals surface area (Å²) in [5.41, 5.74) is 2.12. The van der Waals surface area contributed by atoms with Crippen molar-refractivity contribution in [3.63, 3.8) is 0 Å². The van der Waals surface area contributed by atoms with Crippen molar-refractivity contribution in [2.45, 2.75) is 26.2 Å². The Balaban J connectivity index is 3.14. The number of phenolic OH excluding ortho intramolecular Hbond substituents is 1. The summed E-state index contributed by atoms with van der Waals surface area (Å²) >= 11 is 0. The van der Waals surface area contributed by atoms with Gasteiger partial charge >= 0.3 is 0 Å². The minimum absolute atomic E-state index is 0.117. The van der Waals surface area contributed by atoms with Crippen LogP contribution in [-0.2, 0) is 5.41 Å². The Kier molecular flexibility index (Phi) is 2.62. The first-order valence-electron chi connectivity index (χ1n) is 4.41. The first-order valence-corrected chi connectivity index (χ1v) is 4.41. The summed E-state index contributed by atoms with van der Waals surface area (Å²) < 4.78 is 0. The Morgan fingerprint density at radius 3 is 2.38 bits per heavy atom. The average molecular weight is 179 g/mol. The molecular weight excluding hydrogens is 162 g/mol. The molecule has 0 unspecified atom stereocenters. The zero-order valence-electron chi connectivity index (χ0n) is 8.46. The van der Waals surface area contributed by atoms with Crippen LogP contribution in [0.1, 0.15) is 26.3 Å². The molecule has 0 saturated heterocycles. The molecule has 0 aliphatic rings. The minimum Gasteiger partial charge on any atom is -0.503 e. The van der Waals surface area contributed by atoms with Crippen LogP contribution < -0.4 is 5.32 Å². The lowest BCUT2D eigenvalue weighted by Gasteiger charge is -2.19. The molecular formula is C11H17NO. The lowest BCUT2D eigenvalue weighted by molar-refractivity contribution is -0.505. The van der Waals surface area contributed by atoms with Crippen molar-refractivity contribution < 1.29 is 10.4 Å². The van der Waals surface area contributed by atoms with Crippen molar-refractivity contribution in [3.05, 3.63) is 30.8 Å². The van der Waals surface area contributed by atoms with E-state index in [0.29, 0.717) is 5.75 Å². The third-order valence-corrected chi connectivity index (χ3v) is 2.11. The fourth-order valence-electron chi connectivity index (χ4n) is 1.18. The predicted octanol–water partition coefficient (Wildman–Crippen LogP) is 1.68. The van der Waals surface area contributed by atoms with E-state index in [-0.39, 0.29) is 5.41 Å². The van der Waals surface area contributed by atoms with Crippen LogP contribution in [0.3, 0.4) is 0 Å². The summed E-state index contributed by atoms with van der Waals surface area (Å²) in [6, 6.07) is 5.64. The van der Waals surface area contributed by atoms with Gasteiger partial charge in [-0.2, -0.15) is 0 Å². The van der Waals surface area contributed by atoms with Crippen LogP contribution in [0.15, 0.2) is 18.2 Å². The average Bonchev–Trinajstić information content (AvgIpc) is 2.03. The fraction of sp³-hybridized carbons (Fsp3) is 0.364. The van der Waals surface area contributed by atoms with Gasteiger partial charge in [0, 0.05) is 6.07 Å². The van der Waals surface area contributed by atoms with E-state index in [4.69, 9.17) is 0 Å². The van der Waals surface area contributed by atoms with E-state index in [1.165, 1.54) is 5.56 Å². The molecule has 0 heterocycles. The fourth-order valence-corrected chi connectivity index (χ4v) is 1.18. The quantitative estimate of drug-likeness (QED) is 0.384. The third kappa shape index (κ3) is 2.22. The maximum absolute atomic E-state index is 9.43. The summed E-state index contributed by atoms with van der Waals surface area (Å²) in [4.78, 5) is 0. The van der Waals surface area contributed by atoms with Crippen molar-refractivity contribution in [1.82, 2.24) is 0 Å². The van der Waals surface area contributed by atoms with Gasteiger partial charge in [-0.3, -0.25) is 0 Å². The Morgan fingerprint density at radius 1 is 1.31 bits per heavy atom. The van der Waals surface area contributed by atoms with Crippen LogP contribution in [-0.4, -0.2) is 5.11 Å². The van der Waals surface area contributed by atoms with E-state index in [1.807, 2.05) is 12.1 Å². The number of benzene rings is 1. The smallest absolute Gasteiger partial charge is 0.174 e. The molecule has 0 aliphatic heterocycles. The molecule has 0 atom stereocenters. The highest BCUT2D eigenvalue weighted by atomic mass is 16.3. The molecule has 1 aromatic rings. The highest BCUT2D eigenvalue weighted by Gasteiger charge is 2.15. The summed E-state index contributed by atoms with van der Waals surface area (Å²) in [5.74, 6) is 0.294. The Morgan fingerprint density at radius 2 is 1.92 bits per heavy atom. The molecule has 0 aromatic heterocycles. The summed E-state index contributed by atoms with van der Waals surface area (Å²) in [7, 11) is 3.65. The number of phenols is 1. The normalized spacial score (nSPS) is 11.7. The molecule has 0 bridgehead atoms. The molecule has 2 heteroatoms. The Labute approximate surface area is 79.6 Å². The van der Waals surface area contributed by atoms with Crippen LogP contribution in [0.2, 0.25) is 0 Å². The van der Waals surface area contributed by atoms with Crippen LogP contribution in [0.5, 0.6) is 5.75 Å². The van der Waals surface area contributed by atoms with Gasteiger partial charge in [-0.15, -0.1) is 7.05 Å². The minimum atomic E-state index is 0.117. The maximum atomic E-state index is 9.43. The molecule has 2 nitrogen and oxygen atoms in total. The van der Waals surface area contributed by atoms with Crippen molar-refractivity contribution in [2.24, 2.45) is 0 Å². The number of hydrogen-bond donors (Lipinski definition) is 2. The molecule has 1 rings (SSSR count). The molecule has 0 aliphatic carbocycles. The molecule has 0 fully saturated rings. The maximum Gasteiger partial charge on any atom is 0.174 e. The van der Waals surface area contributed by atoms with E-state index in [0.717, 1.165) is 5.69 Å². The third-order valence-electron chi connectivity index (χ3n) is 2.11. The zero-order chi connectivity index (χ0) is 10.1. The topological polar surface area (TPSA) is 36.8 Å². The van der Waals surface area contributed by atoms with E-state index in [1.54, 1.807) is 11.4 Å². The van der Waals surface area contributed by atoms with Gasteiger partial charge in [-0.05, 0) is 17.0 Å². The molecule has 0 amide bonds. The van der Waals surface area contributed by atoms with Crippen molar-refractivity contribution in [2.75, 3.05) is 0 Å². The number of hydrogen-bond acceptors (Lipinski definition) is 1. The van der Waals surface area contributed by atoms with Gasteiger partial charge in [0.2, 0.25) is 0 Å². The zero-order valence-corrected chi connectivity index (χ0v) is 8.46. The van der Waals surface area contributed by atoms with E-state index in [9.17, 15) is 5.11 Å². The SMILES string of the molecule is [CH2-][NH2+]c1cc(C(C)(C)C)ccc1O. The first-order chi connectivity index (χ1) is 5.95. The molecule has 0 spiro atoms. The van der Waals surface area contributed by atoms with Crippen molar-refractivity contribution >= 4 is 5.69 Å². The monoisotopic (exact) mass is 179 g/mol. The Bertz CT molecular complexity index is 299. The van der Waals surface area contributed by atoms with Gasteiger partial charge in [0.15, 0.2) is 5.75 Å². The molecule has 3 N–H and O–H groups in total. The van der Waals surface area contributed by atoms with Gasteiger partial charge in [-0.1, -0.05) is 26.8 Å². The molecule has 72 valence electrons. The van der Waals surface area contributed by atoms with E-state index >= 15 is 0 Å². The molecule has 1 aromatic carbocycles. The lowest BCUT2D eigenvalue weighted by Crippen LogP contribution is -2.69. The summed E-state index contributed by atoms with van der Waals surface area (Å²) in [6.45, 7) is 6.44. The van der Waals surface area contributed by atoms with E-state index < -0.39 is 0 Å². The second kappa shape index (κ2) is 3.38. The number of aromatic hydroxyl groups is 1. The first kappa shape index (κ1) is 10.1. The van der Waals surface area contributed by atoms with Crippen LogP contribution in [0.4, 0.5) is 5.69 Å². The number of quaternary nitrogens is 1. The largest absolute Gasteiger partial charge is 0.503 e. The van der Waals surface area contributed by atoms with Crippen molar-refractivity contribution in [3.8, 4) is 5.75 Å². The number of rotatable bonds is 1. The van der Waals surface area contributed by atoms with Gasteiger partial charge in [-0.25, -0.2) is 0 Å². The summed E-state index contributed by atoms with van der Waals surface area (Å²) in [6.07, 6.45) is 0. The standard InChI is InChI=1S/C11H17NO/c1-11(2,3)8-5-6-10(13)9(7-8)12-4/h5-7,13H,4,12H2,1-3H3. The van der Waals surface area contributed by atoms with Crippen LogP contribution in [0.25, 0.3) is 0 Å². The molecule has 0 radical (unpaired) electrons. The lowest BCUT2D eigenvalue weighted by atomic mass is 9.87. The van der Waals surface area contributed by atoms with Crippen LogP contribution in [0, 0.1) is 7.05 Å². The highest BCUT2D eigenvalue weighted by Crippen LogP contribution is 2.27. The highest BCUT2D eigenvalue weighted by molar-refractivity contribution is 5.48. The van der Waals surface area contributed by atoms with Gasteiger partial charge in [0.05, 0.1) is 0 Å². The van der Waals surface area contributed by atoms with Gasteiger partial charge in [0.25, 0.3) is 0 Å². The predicted molar refractivity (Wildman–Crippen MR) is 53.7 cm³/mol. The van der Waals surface area contributed by atoms with E-state index in [2.05, 4.69) is 27.8 Å².